The molecule has 0 atom stereocenters. The molecule has 0 aromatic heterocycles. The number of nitro groups is 1. The number of rotatable bonds is 5. The van der Waals surface area contributed by atoms with Gasteiger partial charge in [-0.2, -0.15) is 0 Å². The quantitative estimate of drug-likeness (QED) is 0.642. The number of para-hydroxylation sites is 1. The molecule has 2 rings (SSSR count). The van der Waals surface area contributed by atoms with Crippen LogP contribution in [0.3, 0.4) is 0 Å². The molecule has 8 nitrogen and oxygen atoms in total. The van der Waals surface area contributed by atoms with E-state index in [-0.39, 0.29) is 11.5 Å². The maximum atomic E-state index is 11.1. The van der Waals surface area contributed by atoms with Crippen LogP contribution >= 0.6 is 0 Å². The average molecular weight is 303 g/mol. The molecular weight excluding hydrogens is 294 g/mol. The van der Waals surface area contributed by atoms with Gasteiger partial charge in [0.1, 0.15) is 5.75 Å². The first-order chi connectivity index (χ1) is 10.4. The Hall–Kier alpha value is -3.42. The molecule has 0 aliphatic carbocycles. The monoisotopic (exact) mass is 303 g/mol. The van der Waals surface area contributed by atoms with Crippen molar-refractivity contribution >= 4 is 17.6 Å². The van der Waals surface area contributed by atoms with Crippen LogP contribution in [0, 0.1) is 10.1 Å². The Kier molecular flexibility index (Phi) is 4.03. The summed E-state index contributed by atoms with van der Waals surface area (Å²) in [6.07, 6.45) is 0. The highest BCUT2D eigenvalue weighted by atomic mass is 16.6. The molecule has 0 spiro atoms. The van der Waals surface area contributed by atoms with Gasteiger partial charge in [0.05, 0.1) is 16.1 Å². The summed E-state index contributed by atoms with van der Waals surface area (Å²) < 4.78 is 5.30. The van der Waals surface area contributed by atoms with Crippen molar-refractivity contribution in [1.82, 2.24) is 0 Å². The molecule has 0 saturated heterocycles. The van der Waals surface area contributed by atoms with Crippen molar-refractivity contribution < 1.29 is 29.5 Å². The van der Waals surface area contributed by atoms with E-state index < -0.39 is 33.7 Å². The van der Waals surface area contributed by atoms with Crippen molar-refractivity contribution in [3.05, 3.63) is 63.7 Å². The van der Waals surface area contributed by atoms with Crippen LogP contribution < -0.4 is 4.74 Å². The van der Waals surface area contributed by atoms with Crippen LogP contribution in [0.15, 0.2) is 42.5 Å². The van der Waals surface area contributed by atoms with Gasteiger partial charge in [-0.3, -0.25) is 10.1 Å². The number of benzene rings is 2. The van der Waals surface area contributed by atoms with E-state index in [1.165, 1.54) is 12.1 Å². The van der Waals surface area contributed by atoms with Gasteiger partial charge in [0.2, 0.25) is 5.75 Å². The van der Waals surface area contributed by atoms with Crippen LogP contribution in [0.4, 0.5) is 5.69 Å². The SMILES string of the molecule is O=C(O)c1cc(Oc2ccccc2)c([N+](=O)[O-])cc1C(=O)O. The normalized spacial score (nSPS) is 10.0. The fourth-order valence-corrected chi connectivity index (χ4v) is 1.76. The predicted molar refractivity (Wildman–Crippen MR) is 73.5 cm³/mol. The molecule has 0 bridgehead atoms. The lowest BCUT2D eigenvalue weighted by Gasteiger charge is -2.09. The molecule has 2 aromatic rings. The summed E-state index contributed by atoms with van der Waals surface area (Å²) in [5.74, 6) is -3.19. The number of nitrogens with zero attached hydrogens (tertiary/aromatic N) is 1. The summed E-state index contributed by atoms with van der Waals surface area (Å²) in [6.45, 7) is 0. The second-order valence-electron chi connectivity index (χ2n) is 4.15. The summed E-state index contributed by atoms with van der Waals surface area (Å²) >= 11 is 0. The zero-order chi connectivity index (χ0) is 16.3. The highest BCUT2D eigenvalue weighted by Crippen LogP contribution is 2.34. The van der Waals surface area contributed by atoms with E-state index in [1.807, 2.05) is 0 Å². The van der Waals surface area contributed by atoms with E-state index in [1.54, 1.807) is 18.2 Å². The number of carboxylic acids is 2. The van der Waals surface area contributed by atoms with Gasteiger partial charge >= 0.3 is 17.6 Å². The standard InChI is InChI=1S/C14H9NO7/c16-13(17)9-6-11(15(20)21)12(7-10(9)14(18)19)22-8-4-2-1-3-5-8/h1-7H,(H,16,17)(H,18,19). The Morgan fingerprint density at radius 1 is 1.00 bits per heavy atom. The van der Waals surface area contributed by atoms with Crippen LogP contribution in [0.5, 0.6) is 11.5 Å². The zero-order valence-electron chi connectivity index (χ0n) is 10.9. The molecule has 0 radical (unpaired) electrons. The van der Waals surface area contributed by atoms with Gasteiger partial charge in [0.25, 0.3) is 0 Å². The number of hydrogen-bond acceptors (Lipinski definition) is 5. The Bertz CT molecular complexity index is 755. The van der Waals surface area contributed by atoms with Crippen LogP contribution in [-0.4, -0.2) is 27.1 Å². The lowest BCUT2D eigenvalue weighted by molar-refractivity contribution is -0.385. The molecule has 112 valence electrons. The number of ether oxygens (including phenoxy) is 1. The van der Waals surface area contributed by atoms with Gasteiger partial charge in [-0.05, 0) is 12.1 Å². The average Bonchev–Trinajstić information content (AvgIpc) is 2.47. The summed E-state index contributed by atoms with van der Waals surface area (Å²) in [4.78, 5) is 32.4. The molecule has 0 heterocycles. The lowest BCUT2D eigenvalue weighted by atomic mass is 10.1. The van der Waals surface area contributed by atoms with Crippen molar-refractivity contribution in [1.29, 1.82) is 0 Å². The third-order valence-corrected chi connectivity index (χ3v) is 2.73. The largest absolute Gasteiger partial charge is 0.478 e. The van der Waals surface area contributed by atoms with E-state index in [9.17, 15) is 19.7 Å². The first-order valence-electron chi connectivity index (χ1n) is 5.92. The topological polar surface area (TPSA) is 127 Å². The van der Waals surface area contributed by atoms with Crippen molar-refractivity contribution in [3.8, 4) is 11.5 Å². The van der Waals surface area contributed by atoms with Crippen LogP contribution in [0.1, 0.15) is 20.7 Å². The van der Waals surface area contributed by atoms with E-state index in [0.717, 1.165) is 6.07 Å². The van der Waals surface area contributed by atoms with Crippen LogP contribution in [-0.2, 0) is 0 Å². The minimum absolute atomic E-state index is 0.255. The first kappa shape index (κ1) is 15.0. The summed E-state index contributed by atoms with van der Waals surface area (Å²) in [5, 5.41) is 29.1. The number of nitro benzene ring substituents is 1. The first-order valence-corrected chi connectivity index (χ1v) is 5.92. The second-order valence-corrected chi connectivity index (χ2v) is 4.15. The highest BCUT2D eigenvalue weighted by Gasteiger charge is 2.26. The van der Waals surface area contributed by atoms with Gasteiger partial charge in [-0.15, -0.1) is 0 Å². The summed E-state index contributed by atoms with van der Waals surface area (Å²) in [5.41, 5.74) is -1.91. The highest BCUT2D eigenvalue weighted by molar-refractivity contribution is 6.02. The minimum Gasteiger partial charge on any atom is -0.478 e. The van der Waals surface area contributed by atoms with Crippen LogP contribution in [0.25, 0.3) is 0 Å². The number of aromatic carboxylic acids is 2. The van der Waals surface area contributed by atoms with Gasteiger partial charge in [-0.25, -0.2) is 9.59 Å². The fraction of sp³-hybridized carbons (Fsp3) is 0. The number of carbonyl (C=O) groups is 2. The smallest absolute Gasteiger partial charge is 0.336 e. The summed E-state index contributed by atoms with van der Waals surface area (Å²) in [7, 11) is 0. The van der Waals surface area contributed by atoms with Crippen molar-refractivity contribution in [2.24, 2.45) is 0 Å². The molecule has 0 unspecified atom stereocenters. The zero-order valence-corrected chi connectivity index (χ0v) is 10.9. The van der Waals surface area contributed by atoms with E-state index >= 15 is 0 Å². The second kappa shape index (κ2) is 5.92. The van der Waals surface area contributed by atoms with Gasteiger partial charge in [-0.1, -0.05) is 18.2 Å². The predicted octanol–water partition coefficient (Wildman–Crippen LogP) is 2.78. The maximum Gasteiger partial charge on any atom is 0.336 e. The van der Waals surface area contributed by atoms with E-state index in [4.69, 9.17) is 14.9 Å². The van der Waals surface area contributed by atoms with Crippen molar-refractivity contribution in [2.45, 2.75) is 0 Å². The molecule has 8 heteroatoms. The molecule has 2 aromatic carbocycles. The minimum atomic E-state index is -1.58. The molecule has 0 fully saturated rings. The van der Waals surface area contributed by atoms with E-state index in [2.05, 4.69) is 0 Å². The van der Waals surface area contributed by atoms with Gasteiger partial charge < -0.3 is 14.9 Å². The summed E-state index contributed by atoms with van der Waals surface area (Å²) in [6, 6.07) is 9.51. The Morgan fingerprint density at radius 3 is 2.05 bits per heavy atom. The third-order valence-electron chi connectivity index (χ3n) is 2.73. The molecule has 0 aliphatic rings. The van der Waals surface area contributed by atoms with E-state index in [0.29, 0.717) is 6.07 Å². The van der Waals surface area contributed by atoms with Crippen molar-refractivity contribution in [2.75, 3.05) is 0 Å². The van der Waals surface area contributed by atoms with Crippen LogP contribution in [0.2, 0.25) is 0 Å². The lowest BCUT2D eigenvalue weighted by Crippen LogP contribution is -2.09. The molecule has 0 amide bonds. The Balaban J connectivity index is 2.61. The fourth-order valence-electron chi connectivity index (χ4n) is 1.76. The molecule has 0 saturated carbocycles. The molecule has 22 heavy (non-hydrogen) atoms. The van der Waals surface area contributed by atoms with Gasteiger partial charge in [0, 0.05) is 12.1 Å². The molecule has 2 N–H and O–H groups in total. The third kappa shape index (κ3) is 3.01. The number of hydrogen-bond donors (Lipinski definition) is 2. The Morgan fingerprint density at radius 2 is 1.55 bits per heavy atom. The Labute approximate surface area is 123 Å². The maximum absolute atomic E-state index is 11.1. The van der Waals surface area contributed by atoms with Gasteiger partial charge in [0.15, 0.2) is 0 Å². The molecular formula is C14H9NO7. The number of carboxylic acid groups (broad SMARTS) is 2. The molecule has 0 aliphatic heterocycles. The van der Waals surface area contributed by atoms with Crippen molar-refractivity contribution in [3.63, 3.8) is 0 Å².